The van der Waals surface area contributed by atoms with Crippen molar-refractivity contribution in [3.05, 3.63) is 94.0 Å². The molecule has 2 N–H and O–H groups in total. The number of thiazole rings is 1. The molecule has 52 heavy (non-hydrogen) atoms. The van der Waals surface area contributed by atoms with Gasteiger partial charge in [0.1, 0.15) is 59.1 Å². The minimum Gasteiger partial charge on any atom is -0.490 e. The molecule has 0 aliphatic carbocycles. The Bertz CT molecular complexity index is 2090. The Kier molecular flexibility index (Phi) is 12.4. The van der Waals surface area contributed by atoms with Gasteiger partial charge in [-0.25, -0.2) is 15.0 Å². The number of nitrogens with one attached hydrogen (secondary N) is 2. The Morgan fingerprint density at radius 1 is 1.00 bits per heavy atom. The van der Waals surface area contributed by atoms with E-state index in [0.29, 0.717) is 56.0 Å². The van der Waals surface area contributed by atoms with Gasteiger partial charge in [-0.1, -0.05) is 47.6 Å². The summed E-state index contributed by atoms with van der Waals surface area (Å²) in [6, 6.07) is 19.3. The summed E-state index contributed by atoms with van der Waals surface area (Å²) in [4.78, 5) is 42.7. The van der Waals surface area contributed by atoms with Crippen LogP contribution in [0.1, 0.15) is 41.8 Å². The molecule has 2 aromatic carbocycles. The maximum absolute atomic E-state index is 12.1. The van der Waals surface area contributed by atoms with E-state index in [0.717, 1.165) is 47.9 Å². The number of hydrogen-bond donors (Lipinski definition) is 2. The van der Waals surface area contributed by atoms with Crippen molar-refractivity contribution in [2.24, 2.45) is 0 Å². The molecule has 0 bridgehead atoms. The Morgan fingerprint density at radius 2 is 1.75 bits per heavy atom. The average Bonchev–Trinajstić information content (AvgIpc) is 3.98. The number of aryl methyl sites for hydroxylation is 1. The monoisotopic (exact) mass is 752 g/mol. The van der Waals surface area contributed by atoms with Gasteiger partial charge in [0.15, 0.2) is 0 Å². The van der Waals surface area contributed by atoms with Gasteiger partial charge in [0.25, 0.3) is 0 Å². The van der Waals surface area contributed by atoms with Gasteiger partial charge in [-0.2, -0.15) is 10.5 Å². The molecule has 1 saturated heterocycles. The number of halogens is 1. The molecule has 15 heteroatoms. The number of nitrogens with zero attached hydrogens (tertiary/aromatic N) is 6. The van der Waals surface area contributed by atoms with E-state index >= 15 is 0 Å². The third-order valence-corrected chi connectivity index (χ3v) is 10.3. The quantitative estimate of drug-likeness (QED) is 0.0675. The second-order valence-corrected chi connectivity index (χ2v) is 13.9. The fourth-order valence-corrected chi connectivity index (χ4v) is 7.50. The first-order chi connectivity index (χ1) is 25.4. The van der Waals surface area contributed by atoms with Crippen molar-refractivity contribution >= 4 is 52.4 Å². The summed E-state index contributed by atoms with van der Waals surface area (Å²) >= 11 is 9.02. The summed E-state index contributed by atoms with van der Waals surface area (Å²) in [7, 11) is 0. The number of carbonyl (C=O) groups excluding carboxylic acids is 2. The molecule has 1 fully saturated rings. The molecule has 1 aliphatic heterocycles. The molecular formula is C37H33ClN8O4S2. The number of benzene rings is 2. The van der Waals surface area contributed by atoms with Crippen molar-refractivity contribution in [2.75, 3.05) is 37.7 Å². The average molecular weight is 753 g/mol. The molecule has 0 unspecified atom stereocenters. The van der Waals surface area contributed by atoms with Crippen LogP contribution < -0.4 is 15.0 Å². The normalized spacial score (nSPS) is 12.2. The minimum atomic E-state index is -0.571. The van der Waals surface area contributed by atoms with Crippen molar-refractivity contribution in [2.45, 2.75) is 36.5 Å². The van der Waals surface area contributed by atoms with Crippen LogP contribution in [0.15, 0.2) is 71.5 Å². The summed E-state index contributed by atoms with van der Waals surface area (Å²) in [6.07, 6.45) is 5.90. The molecule has 5 aromatic rings. The lowest BCUT2D eigenvalue weighted by atomic mass is 9.96. The van der Waals surface area contributed by atoms with Gasteiger partial charge in [0.2, 0.25) is 5.91 Å². The number of ether oxygens (including phenoxy) is 2. The Balaban J connectivity index is 1.10. The number of carbonyl (C=O) groups is 2. The molecule has 264 valence electrons. The molecule has 3 aromatic heterocycles. The van der Waals surface area contributed by atoms with Crippen LogP contribution in [0.5, 0.6) is 5.75 Å². The van der Waals surface area contributed by atoms with Crippen molar-refractivity contribution in [1.29, 1.82) is 10.5 Å². The van der Waals surface area contributed by atoms with Crippen molar-refractivity contribution < 1.29 is 19.1 Å². The molecule has 0 radical (unpaired) electrons. The lowest BCUT2D eigenvalue weighted by molar-refractivity contribution is -0.144. The van der Waals surface area contributed by atoms with E-state index < -0.39 is 5.97 Å². The highest BCUT2D eigenvalue weighted by atomic mass is 35.5. The zero-order valence-corrected chi connectivity index (χ0v) is 30.3. The summed E-state index contributed by atoms with van der Waals surface area (Å²) < 4.78 is 11.0. The van der Waals surface area contributed by atoms with Gasteiger partial charge in [0, 0.05) is 58.7 Å². The van der Waals surface area contributed by atoms with Crippen LogP contribution in [0.2, 0.25) is 5.02 Å². The molecule has 0 spiro atoms. The first-order valence-corrected chi connectivity index (χ1v) is 18.7. The van der Waals surface area contributed by atoms with Crippen LogP contribution in [0.4, 0.5) is 5.82 Å². The van der Waals surface area contributed by atoms with Crippen LogP contribution in [0.3, 0.4) is 0 Å². The number of imidazole rings is 1. The lowest BCUT2D eigenvalue weighted by Crippen LogP contribution is -2.31. The molecule has 4 heterocycles. The number of thioether (sulfide) groups is 1. The SMILES string of the molecule is N#Cc1c(SCc2csc(-c3ccc(Cl)cc3)n2)nc(N2CCCC2)c(C#N)c1-c1ccc(OCCOC(=O)CNC(=O)CCc2cnc[nH]2)cc1. The number of nitriles is 2. The number of anilines is 1. The number of hydrogen-bond acceptors (Lipinski definition) is 12. The topological polar surface area (TPSA) is 170 Å². The van der Waals surface area contributed by atoms with Crippen LogP contribution >= 0.6 is 34.7 Å². The van der Waals surface area contributed by atoms with Crippen LogP contribution in [-0.2, 0) is 26.5 Å². The van der Waals surface area contributed by atoms with Gasteiger partial charge in [-0.15, -0.1) is 11.3 Å². The first kappa shape index (κ1) is 36.4. The molecule has 0 atom stereocenters. The highest BCUT2D eigenvalue weighted by Crippen LogP contribution is 2.40. The molecular weight excluding hydrogens is 720 g/mol. The Morgan fingerprint density at radius 3 is 2.46 bits per heavy atom. The predicted molar refractivity (Wildman–Crippen MR) is 199 cm³/mol. The fourth-order valence-electron chi connectivity index (χ4n) is 5.57. The highest BCUT2D eigenvalue weighted by Gasteiger charge is 2.26. The maximum atomic E-state index is 12.1. The summed E-state index contributed by atoms with van der Waals surface area (Å²) in [5.74, 6) is 0.753. The van der Waals surface area contributed by atoms with E-state index in [4.69, 9.17) is 31.0 Å². The van der Waals surface area contributed by atoms with Crippen molar-refractivity contribution in [1.82, 2.24) is 25.3 Å². The van der Waals surface area contributed by atoms with E-state index in [9.17, 15) is 20.1 Å². The summed E-state index contributed by atoms with van der Waals surface area (Å²) in [5.41, 5.74) is 4.56. The summed E-state index contributed by atoms with van der Waals surface area (Å²) in [6.45, 7) is 1.41. The van der Waals surface area contributed by atoms with Crippen LogP contribution in [-0.4, -0.2) is 64.7 Å². The second-order valence-electron chi connectivity index (χ2n) is 11.7. The molecule has 6 rings (SSSR count). The molecule has 0 saturated carbocycles. The van der Waals surface area contributed by atoms with Gasteiger partial charge >= 0.3 is 5.97 Å². The zero-order chi connectivity index (χ0) is 36.3. The fraction of sp³-hybridized carbons (Fsp3) is 0.270. The van der Waals surface area contributed by atoms with E-state index in [2.05, 4.69) is 32.3 Å². The van der Waals surface area contributed by atoms with E-state index in [1.807, 2.05) is 29.6 Å². The number of pyridine rings is 1. The number of aromatic amines is 1. The largest absolute Gasteiger partial charge is 0.490 e. The number of amides is 1. The van der Waals surface area contributed by atoms with Gasteiger partial charge < -0.3 is 24.7 Å². The van der Waals surface area contributed by atoms with Crippen LogP contribution in [0.25, 0.3) is 21.7 Å². The predicted octanol–water partition coefficient (Wildman–Crippen LogP) is 6.56. The van der Waals surface area contributed by atoms with E-state index in [1.54, 1.807) is 36.8 Å². The van der Waals surface area contributed by atoms with Crippen LogP contribution in [0, 0.1) is 22.7 Å². The standard InChI is InChI=1S/C37H33ClN8O4S2/c38-26-7-3-25(4-8-26)36-44-28(21-51-36)22-52-37-31(18-40)34(30(17-39)35(45-37)46-13-1-2-14-46)24-5-10-29(11-6-24)49-15-16-50-33(48)20-42-32(47)12-9-27-19-41-23-43-27/h3-8,10-11,19,21,23H,1-2,9,12-16,20,22H2,(H,41,43)(H,42,47). The molecule has 12 nitrogen and oxygen atoms in total. The van der Waals surface area contributed by atoms with Gasteiger partial charge in [0.05, 0.1) is 17.6 Å². The smallest absolute Gasteiger partial charge is 0.325 e. The summed E-state index contributed by atoms with van der Waals surface area (Å²) in [5, 5.41) is 27.5. The van der Waals surface area contributed by atoms with E-state index in [1.165, 1.54) is 23.1 Å². The number of rotatable bonds is 15. The number of aromatic nitrogens is 4. The van der Waals surface area contributed by atoms with Crippen molar-refractivity contribution in [3.63, 3.8) is 0 Å². The molecule has 1 aliphatic rings. The minimum absolute atomic E-state index is 0.00786. The first-order valence-electron chi connectivity index (χ1n) is 16.5. The number of esters is 1. The lowest BCUT2D eigenvalue weighted by Gasteiger charge is -2.22. The third-order valence-electron chi connectivity index (χ3n) is 8.14. The van der Waals surface area contributed by atoms with Crippen molar-refractivity contribution in [3.8, 4) is 39.6 Å². The second kappa shape index (κ2) is 17.7. The zero-order valence-electron chi connectivity index (χ0n) is 27.9. The Labute approximate surface area is 313 Å². The molecule has 1 amide bonds. The van der Waals surface area contributed by atoms with Gasteiger partial charge in [-0.05, 0) is 49.1 Å². The van der Waals surface area contributed by atoms with Gasteiger partial charge in [-0.3, -0.25) is 9.59 Å². The number of H-pyrrole nitrogens is 1. The Hall–Kier alpha value is -5.41. The third kappa shape index (κ3) is 9.27. The highest BCUT2D eigenvalue weighted by molar-refractivity contribution is 7.98. The maximum Gasteiger partial charge on any atom is 0.325 e. The van der Waals surface area contributed by atoms with E-state index in [-0.39, 0.29) is 32.1 Å².